The SMILES string of the molecule is CCC(C)n1ccc(COc2ccc(I)cc2)n1. The maximum Gasteiger partial charge on any atom is 0.132 e. The molecule has 0 N–H and O–H groups in total. The van der Waals surface area contributed by atoms with Crippen LogP contribution in [0, 0.1) is 3.57 Å². The zero-order valence-corrected chi connectivity index (χ0v) is 12.8. The average Bonchev–Trinajstić information content (AvgIpc) is 2.86. The van der Waals surface area contributed by atoms with E-state index >= 15 is 0 Å². The molecule has 3 nitrogen and oxygen atoms in total. The molecular weight excluding hydrogens is 339 g/mol. The van der Waals surface area contributed by atoms with Crippen molar-refractivity contribution in [2.24, 2.45) is 0 Å². The van der Waals surface area contributed by atoms with Gasteiger partial charge >= 0.3 is 0 Å². The molecule has 2 rings (SSSR count). The van der Waals surface area contributed by atoms with E-state index in [0.29, 0.717) is 12.6 Å². The predicted octanol–water partition coefficient (Wildman–Crippen LogP) is 4.04. The Morgan fingerprint density at radius 3 is 2.67 bits per heavy atom. The number of rotatable bonds is 5. The molecule has 0 spiro atoms. The Hall–Kier alpha value is -1.04. The first-order valence-corrected chi connectivity index (χ1v) is 7.19. The number of benzene rings is 1. The topological polar surface area (TPSA) is 27.1 Å². The van der Waals surface area contributed by atoms with Crippen molar-refractivity contribution in [3.05, 3.63) is 45.8 Å². The van der Waals surface area contributed by atoms with Crippen LogP contribution in [0.1, 0.15) is 32.0 Å². The highest BCUT2D eigenvalue weighted by atomic mass is 127. The van der Waals surface area contributed by atoms with Gasteiger partial charge < -0.3 is 4.74 Å². The van der Waals surface area contributed by atoms with Gasteiger partial charge in [-0.15, -0.1) is 0 Å². The lowest BCUT2D eigenvalue weighted by Crippen LogP contribution is -2.05. The van der Waals surface area contributed by atoms with Crippen molar-refractivity contribution in [1.29, 1.82) is 0 Å². The highest BCUT2D eigenvalue weighted by Crippen LogP contribution is 2.15. The van der Waals surface area contributed by atoms with E-state index in [4.69, 9.17) is 4.74 Å². The molecule has 0 saturated carbocycles. The van der Waals surface area contributed by atoms with Gasteiger partial charge in [0.25, 0.3) is 0 Å². The molecule has 2 aromatic rings. The van der Waals surface area contributed by atoms with Crippen molar-refractivity contribution in [2.45, 2.75) is 32.9 Å². The summed E-state index contributed by atoms with van der Waals surface area (Å²) in [7, 11) is 0. The molecule has 96 valence electrons. The zero-order valence-electron chi connectivity index (χ0n) is 10.6. The Balaban J connectivity index is 1.94. The van der Waals surface area contributed by atoms with Crippen LogP contribution in [0.3, 0.4) is 0 Å². The van der Waals surface area contributed by atoms with Gasteiger partial charge in [-0.2, -0.15) is 5.10 Å². The van der Waals surface area contributed by atoms with Crippen LogP contribution in [0.5, 0.6) is 5.75 Å². The van der Waals surface area contributed by atoms with Gasteiger partial charge in [-0.05, 0) is 66.3 Å². The van der Waals surface area contributed by atoms with Gasteiger partial charge in [-0.1, -0.05) is 6.92 Å². The van der Waals surface area contributed by atoms with Crippen LogP contribution >= 0.6 is 22.6 Å². The Labute approximate surface area is 121 Å². The Morgan fingerprint density at radius 2 is 2.00 bits per heavy atom. The molecule has 0 amide bonds. The summed E-state index contributed by atoms with van der Waals surface area (Å²) in [6.07, 6.45) is 3.10. The van der Waals surface area contributed by atoms with Crippen LogP contribution in [0.4, 0.5) is 0 Å². The van der Waals surface area contributed by atoms with Crippen molar-refractivity contribution in [2.75, 3.05) is 0 Å². The van der Waals surface area contributed by atoms with Crippen molar-refractivity contribution < 1.29 is 4.74 Å². The van der Waals surface area contributed by atoms with Crippen LogP contribution in [0.25, 0.3) is 0 Å². The summed E-state index contributed by atoms with van der Waals surface area (Å²) in [6.45, 7) is 4.84. The zero-order chi connectivity index (χ0) is 13.0. The lowest BCUT2D eigenvalue weighted by atomic mass is 10.3. The van der Waals surface area contributed by atoms with Crippen molar-refractivity contribution in [1.82, 2.24) is 9.78 Å². The van der Waals surface area contributed by atoms with E-state index in [9.17, 15) is 0 Å². The van der Waals surface area contributed by atoms with E-state index in [-0.39, 0.29) is 0 Å². The van der Waals surface area contributed by atoms with Gasteiger partial charge in [0.05, 0.1) is 5.69 Å². The van der Waals surface area contributed by atoms with Gasteiger partial charge in [0, 0.05) is 15.8 Å². The molecule has 0 aliphatic rings. The maximum atomic E-state index is 5.69. The Kier molecular flexibility index (Phi) is 4.63. The quantitative estimate of drug-likeness (QED) is 0.757. The molecule has 1 aromatic carbocycles. The third-order valence-corrected chi connectivity index (χ3v) is 3.63. The summed E-state index contributed by atoms with van der Waals surface area (Å²) >= 11 is 2.28. The van der Waals surface area contributed by atoms with Crippen LogP contribution in [0.2, 0.25) is 0 Å². The fraction of sp³-hybridized carbons (Fsp3) is 0.357. The normalized spacial score (nSPS) is 12.4. The summed E-state index contributed by atoms with van der Waals surface area (Å²) in [5.74, 6) is 0.883. The number of hydrogen-bond acceptors (Lipinski definition) is 2. The molecule has 0 fully saturated rings. The third-order valence-electron chi connectivity index (χ3n) is 2.91. The minimum Gasteiger partial charge on any atom is -0.487 e. The molecule has 18 heavy (non-hydrogen) atoms. The number of ether oxygens (including phenoxy) is 1. The highest BCUT2D eigenvalue weighted by molar-refractivity contribution is 14.1. The van der Waals surface area contributed by atoms with Crippen molar-refractivity contribution >= 4 is 22.6 Å². The second kappa shape index (κ2) is 6.22. The average molecular weight is 356 g/mol. The summed E-state index contributed by atoms with van der Waals surface area (Å²) in [5, 5.41) is 4.50. The second-order valence-electron chi connectivity index (χ2n) is 4.29. The van der Waals surface area contributed by atoms with E-state index in [1.165, 1.54) is 3.57 Å². The number of halogens is 1. The predicted molar refractivity (Wildman–Crippen MR) is 80.7 cm³/mol. The Bertz CT molecular complexity index is 493. The van der Waals surface area contributed by atoms with E-state index in [0.717, 1.165) is 17.9 Å². The first-order valence-electron chi connectivity index (χ1n) is 6.11. The minimum absolute atomic E-state index is 0.442. The lowest BCUT2D eigenvalue weighted by molar-refractivity contribution is 0.298. The largest absolute Gasteiger partial charge is 0.487 e. The fourth-order valence-electron chi connectivity index (χ4n) is 1.58. The van der Waals surface area contributed by atoms with Crippen LogP contribution in [-0.2, 0) is 6.61 Å². The minimum atomic E-state index is 0.442. The fourth-order valence-corrected chi connectivity index (χ4v) is 1.93. The van der Waals surface area contributed by atoms with Crippen molar-refractivity contribution in [3.63, 3.8) is 0 Å². The number of nitrogens with zero attached hydrogens (tertiary/aromatic N) is 2. The molecule has 0 aliphatic heterocycles. The van der Waals surface area contributed by atoms with E-state index in [2.05, 4.69) is 41.5 Å². The highest BCUT2D eigenvalue weighted by Gasteiger charge is 2.05. The van der Waals surface area contributed by atoms with Gasteiger partial charge in [0.15, 0.2) is 0 Å². The molecule has 0 radical (unpaired) electrons. The van der Waals surface area contributed by atoms with E-state index in [1.807, 2.05) is 41.2 Å². The van der Waals surface area contributed by atoms with Crippen LogP contribution < -0.4 is 4.74 Å². The molecule has 0 saturated heterocycles. The molecule has 0 aliphatic carbocycles. The molecule has 1 unspecified atom stereocenters. The molecule has 0 bridgehead atoms. The molecule has 1 aromatic heterocycles. The second-order valence-corrected chi connectivity index (χ2v) is 5.53. The number of hydrogen-bond donors (Lipinski definition) is 0. The van der Waals surface area contributed by atoms with Crippen molar-refractivity contribution in [3.8, 4) is 5.75 Å². The van der Waals surface area contributed by atoms with Gasteiger partial charge in [-0.25, -0.2) is 0 Å². The Morgan fingerprint density at radius 1 is 1.28 bits per heavy atom. The van der Waals surface area contributed by atoms with Crippen LogP contribution in [-0.4, -0.2) is 9.78 Å². The standard InChI is InChI=1S/C14H17IN2O/c1-3-11(2)17-9-8-13(16-17)10-18-14-6-4-12(15)5-7-14/h4-9,11H,3,10H2,1-2H3. The summed E-state index contributed by atoms with van der Waals surface area (Å²) in [4.78, 5) is 0. The van der Waals surface area contributed by atoms with Gasteiger partial charge in [-0.3, -0.25) is 4.68 Å². The van der Waals surface area contributed by atoms with Crippen LogP contribution in [0.15, 0.2) is 36.5 Å². The van der Waals surface area contributed by atoms with Gasteiger partial charge in [0.1, 0.15) is 12.4 Å². The first kappa shape index (κ1) is 13.4. The monoisotopic (exact) mass is 356 g/mol. The van der Waals surface area contributed by atoms with Gasteiger partial charge in [0.2, 0.25) is 0 Å². The summed E-state index contributed by atoms with van der Waals surface area (Å²) in [5.41, 5.74) is 0.967. The smallest absolute Gasteiger partial charge is 0.132 e. The molecule has 1 heterocycles. The lowest BCUT2D eigenvalue weighted by Gasteiger charge is -2.08. The molecule has 4 heteroatoms. The maximum absolute atomic E-state index is 5.69. The summed E-state index contributed by atoms with van der Waals surface area (Å²) in [6, 6.07) is 10.5. The van der Waals surface area contributed by atoms with E-state index in [1.54, 1.807) is 0 Å². The third kappa shape index (κ3) is 3.48. The first-order chi connectivity index (χ1) is 8.69. The molecule has 1 atom stereocenters. The number of aromatic nitrogens is 2. The van der Waals surface area contributed by atoms with E-state index < -0.39 is 0 Å². The molecular formula is C14H17IN2O. The summed E-state index contributed by atoms with van der Waals surface area (Å²) < 4.78 is 8.90.